The highest BCUT2D eigenvalue weighted by atomic mass is 16.3. The van der Waals surface area contributed by atoms with Crippen LogP contribution in [0.5, 0.6) is 0 Å². The highest BCUT2D eigenvalue weighted by Gasteiger charge is 2.22. The van der Waals surface area contributed by atoms with E-state index >= 15 is 0 Å². The van der Waals surface area contributed by atoms with E-state index in [4.69, 9.17) is 5.26 Å². The molecule has 0 aliphatic heterocycles. The van der Waals surface area contributed by atoms with Crippen LogP contribution in [-0.2, 0) is 0 Å². The summed E-state index contributed by atoms with van der Waals surface area (Å²) in [5.41, 5.74) is 1.32. The van der Waals surface area contributed by atoms with Crippen molar-refractivity contribution in [1.29, 1.82) is 5.26 Å². The number of hydrogen-bond donors (Lipinski definition) is 2. The van der Waals surface area contributed by atoms with Crippen molar-refractivity contribution in [3.8, 4) is 6.07 Å². The maximum atomic E-state index is 9.86. The molecule has 2 rings (SSSR count). The Kier molecular flexibility index (Phi) is 3.60. The number of aryl methyl sites for hydroxylation is 1. The molecule has 17 heavy (non-hydrogen) atoms. The Balaban J connectivity index is 2.08. The second-order valence-corrected chi connectivity index (χ2v) is 4.54. The van der Waals surface area contributed by atoms with Crippen LogP contribution < -0.4 is 5.32 Å². The number of rotatable bonds is 2. The summed E-state index contributed by atoms with van der Waals surface area (Å²) in [4.78, 5) is 4.33. The van der Waals surface area contributed by atoms with Crippen molar-refractivity contribution in [1.82, 2.24) is 4.98 Å². The summed E-state index contributed by atoms with van der Waals surface area (Å²) >= 11 is 0. The zero-order valence-corrected chi connectivity index (χ0v) is 9.98. The Morgan fingerprint density at radius 3 is 2.82 bits per heavy atom. The molecule has 2 unspecified atom stereocenters. The lowest BCUT2D eigenvalue weighted by Gasteiger charge is -2.28. The van der Waals surface area contributed by atoms with Gasteiger partial charge >= 0.3 is 0 Å². The fraction of sp³-hybridized carbons (Fsp3) is 0.538. The average molecular weight is 231 g/mol. The molecule has 0 aromatic carbocycles. The predicted octanol–water partition coefficient (Wildman–Crippen LogP) is 1.98. The van der Waals surface area contributed by atoms with Crippen LogP contribution >= 0.6 is 0 Å². The molecule has 2 N–H and O–H groups in total. The van der Waals surface area contributed by atoms with E-state index in [1.807, 2.05) is 6.92 Å². The first-order valence-corrected chi connectivity index (χ1v) is 6.03. The Bertz CT molecular complexity index is 439. The van der Waals surface area contributed by atoms with Gasteiger partial charge in [0, 0.05) is 0 Å². The largest absolute Gasteiger partial charge is 0.391 e. The zero-order valence-electron chi connectivity index (χ0n) is 9.98. The van der Waals surface area contributed by atoms with Crippen LogP contribution in [0.4, 0.5) is 5.82 Å². The van der Waals surface area contributed by atoms with Crippen LogP contribution in [0, 0.1) is 18.3 Å². The molecule has 0 saturated heterocycles. The smallest absolute Gasteiger partial charge is 0.126 e. The molecular weight excluding hydrogens is 214 g/mol. The third-order valence-corrected chi connectivity index (χ3v) is 3.27. The van der Waals surface area contributed by atoms with Crippen molar-refractivity contribution in [2.24, 2.45) is 0 Å². The quantitative estimate of drug-likeness (QED) is 0.816. The number of anilines is 1. The number of aromatic nitrogens is 1. The number of hydrogen-bond acceptors (Lipinski definition) is 4. The van der Waals surface area contributed by atoms with Crippen LogP contribution in [0.1, 0.15) is 36.9 Å². The lowest BCUT2D eigenvalue weighted by atomic mass is 9.92. The van der Waals surface area contributed by atoms with E-state index in [1.54, 1.807) is 12.1 Å². The Morgan fingerprint density at radius 2 is 2.18 bits per heavy atom. The van der Waals surface area contributed by atoms with Crippen LogP contribution in [0.15, 0.2) is 12.1 Å². The Morgan fingerprint density at radius 1 is 1.41 bits per heavy atom. The Hall–Kier alpha value is -1.60. The van der Waals surface area contributed by atoms with Gasteiger partial charge in [-0.2, -0.15) is 5.26 Å². The van der Waals surface area contributed by atoms with Gasteiger partial charge in [-0.05, 0) is 31.9 Å². The number of aliphatic hydroxyl groups excluding tert-OH is 1. The van der Waals surface area contributed by atoms with Gasteiger partial charge in [0.05, 0.1) is 23.4 Å². The first-order valence-electron chi connectivity index (χ1n) is 6.03. The molecule has 2 atom stereocenters. The molecule has 0 bridgehead atoms. The highest BCUT2D eigenvalue weighted by molar-refractivity contribution is 5.43. The number of pyridine rings is 1. The summed E-state index contributed by atoms with van der Waals surface area (Å²) in [7, 11) is 0. The van der Waals surface area contributed by atoms with E-state index in [0.717, 1.165) is 37.2 Å². The van der Waals surface area contributed by atoms with Gasteiger partial charge in [0.1, 0.15) is 11.9 Å². The molecule has 1 saturated carbocycles. The number of nitrogens with zero attached hydrogens (tertiary/aromatic N) is 2. The second kappa shape index (κ2) is 5.15. The van der Waals surface area contributed by atoms with E-state index in [1.165, 1.54) is 0 Å². The maximum Gasteiger partial charge on any atom is 0.126 e. The van der Waals surface area contributed by atoms with E-state index in [2.05, 4.69) is 16.4 Å². The molecule has 90 valence electrons. The van der Waals surface area contributed by atoms with Gasteiger partial charge in [-0.25, -0.2) is 4.98 Å². The van der Waals surface area contributed by atoms with E-state index in [9.17, 15) is 5.11 Å². The third kappa shape index (κ3) is 2.75. The minimum absolute atomic E-state index is 0.0867. The molecular formula is C13H17N3O. The first kappa shape index (κ1) is 11.9. The number of nitriles is 1. The SMILES string of the molecule is Cc1nc(NC2CCCCC2O)ccc1C#N. The molecule has 1 aliphatic rings. The summed E-state index contributed by atoms with van der Waals surface area (Å²) in [6, 6.07) is 5.74. The number of nitrogens with one attached hydrogen (secondary N) is 1. The van der Waals surface area contributed by atoms with Gasteiger partial charge in [0.25, 0.3) is 0 Å². The highest BCUT2D eigenvalue weighted by Crippen LogP contribution is 2.21. The van der Waals surface area contributed by atoms with Gasteiger partial charge in [-0.15, -0.1) is 0 Å². The molecule has 0 radical (unpaired) electrons. The van der Waals surface area contributed by atoms with Crippen LogP contribution in [0.2, 0.25) is 0 Å². The van der Waals surface area contributed by atoms with Crippen molar-refractivity contribution < 1.29 is 5.11 Å². The first-order chi connectivity index (χ1) is 8.20. The molecule has 1 aromatic heterocycles. The van der Waals surface area contributed by atoms with Crippen molar-refractivity contribution in [2.45, 2.75) is 44.8 Å². The summed E-state index contributed by atoms with van der Waals surface area (Å²) in [5, 5.41) is 21.9. The van der Waals surface area contributed by atoms with Gasteiger partial charge in [-0.3, -0.25) is 0 Å². The molecule has 4 nitrogen and oxygen atoms in total. The van der Waals surface area contributed by atoms with Crippen molar-refractivity contribution >= 4 is 5.82 Å². The number of aliphatic hydroxyl groups is 1. The Labute approximate surface area is 101 Å². The molecule has 1 heterocycles. The molecule has 0 spiro atoms. The summed E-state index contributed by atoms with van der Waals surface area (Å²) in [6.07, 6.45) is 3.78. The minimum atomic E-state index is -0.290. The van der Waals surface area contributed by atoms with Crippen LogP contribution in [0.25, 0.3) is 0 Å². The summed E-state index contributed by atoms with van der Waals surface area (Å²) in [6.45, 7) is 1.82. The van der Waals surface area contributed by atoms with Gasteiger partial charge in [-0.1, -0.05) is 12.8 Å². The fourth-order valence-electron chi connectivity index (χ4n) is 2.23. The minimum Gasteiger partial charge on any atom is -0.391 e. The van der Waals surface area contributed by atoms with Crippen molar-refractivity contribution in [3.05, 3.63) is 23.4 Å². The topological polar surface area (TPSA) is 68.9 Å². The third-order valence-electron chi connectivity index (χ3n) is 3.27. The van der Waals surface area contributed by atoms with Gasteiger partial charge in [0.15, 0.2) is 0 Å². The van der Waals surface area contributed by atoms with E-state index in [0.29, 0.717) is 5.56 Å². The lowest BCUT2D eigenvalue weighted by molar-refractivity contribution is 0.116. The van der Waals surface area contributed by atoms with Crippen molar-refractivity contribution in [2.75, 3.05) is 5.32 Å². The zero-order chi connectivity index (χ0) is 12.3. The molecule has 1 fully saturated rings. The second-order valence-electron chi connectivity index (χ2n) is 4.54. The lowest BCUT2D eigenvalue weighted by Crippen LogP contribution is -2.36. The van der Waals surface area contributed by atoms with Crippen LogP contribution in [0.3, 0.4) is 0 Å². The van der Waals surface area contributed by atoms with E-state index < -0.39 is 0 Å². The van der Waals surface area contributed by atoms with Gasteiger partial charge < -0.3 is 10.4 Å². The van der Waals surface area contributed by atoms with E-state index in [-0.39, 0.29) is 12.1 Å². The normalized spacial score (nSPS) is 24.1. The van der Waals surface area contributed by atoms with Crippen molar-refractivity contribution in [3.63, 3.8) is 0 Å². The standard InChI is InChI=1S/C13H17N3O/c1-9-10(8-14)6-7-13(15-9)16-11-4-2-3-5-12(11)17/h6-7,11-12,17H,2-5H2,1H3,(H,15,16). The summed E-state index contributed by atoms with van der Waals surface area (Å²) in [5.74, 6) is 0.743. The molecule has 1 aliphatic carbocycles. The molecule has 1 aromatic rings. The summed E-state index contributed by atoms with van der Waals surface area (Å²) < 4.78 is 0. The molecule has 4 heteroatoms. The monoisotopic (exact) mass is 231 g/mol. The average Bonchev–Trinajstić information content (AvgIpc) is 2.32. The fourth-order valence-corrected chi connectivity index (χ4v) is 2.23. The molecule has 0 amide bonds. The predicted molar refractivity (Wildman–Crippen MR) is 65.6 cm³/mol. The van der Waals surface area contributed by atoms with Crippen LogP contribution in [-0.4, -0.2) is 22.2 Å². The van der Waals surface area contributed by atoms with Gasteiger partial charge in [0.2, 0.25) is 0 Å². The maximum absolute atomic E-state index is 9.86.